The highest BCUT2D eigenvalue weighted by Crippen LogP contribution is 2.20. The van der Waals surface area contributed by atoms with Crippen molar-refractivity contribution in [3.8, 4) is 5.75 Å². The lowest BCUT2D eigenvalue weighted by atomic mass is 10.1. The fourth-order valence-electron chi connectivity index (χ4n) is 1.98. The predicted octanol–water partition coefficient (Wildman–Crippen LogP) is 2.71. The molecule has 0 saturated carbocycles. The standard InChI is InChI=1S/C16H16FNO3/c17-12-6-7-15(20)14(10-12)16(21)18-13-5-1-3-11(9-13)4-2-8-19/h1,3,5-7,9-10,19-20H,2,4,8H2,(H,18,21). The molecule has 21 heavy (non-hydrogen) atoms. The number of nitrogens with one attached hydrogen (secondary N) is 1. The fourth-order valence-corrected chi connectivity index (χ4v) is 1.98. The van der Waals surface area contributed by atoms with Crippen LogP contribution in [0.4, 0.5) is 10.1 Å². The van der Waals surface area contributed by atoms with Crippen LogP contribution in [0, 0.1) is 5.82 Å². The van der Waals surface area contributed by atoms with Gasteiger partial charge in [0.2, 0.25) is 0 Å². The van der Waals surface area contributed by atoms with E-state index in [0.717, 1.165) is 23.8 Å². The van der Waals surface area contributed by atoms with Gasteiger partial charge in [-0.25, -0.2) is 4.39 Å². The van der Waals surface area contributed by atoms with Crippen molar-refractivity contribution >= 4 is 11.6 Å². The van der Waals surface area contributed by atoms with Crippen molar-refractivity contribution in [1.29, 1.82) is 0 Å². The molecule has 0 aliphatic carbocycles. The van der Waals surface area contributed by atoms with Crippen LogP contribution in [0.1, 0.15) is 22.3 Å². The van der Waals surface area contributed by atoms with Gasteiger partial charge in [-0.2, -0.15) is 0 Å². The number of aliphatic hydroxyl groups excluding tert-OH is 1. The van der Waals surface area contributed by atoms with E-state index in [1.807, 2.05) is 6.07 Å². The third kappa shape index (κ3) is 4.03. The molecule has 0 bridgehead atoms. The van der Waals surface area contributed by atoms with Crippen molar-refractivity contribution in [2.45, 2.75) is 12.8 Å². The molecule has 4 nitrogen and oxygen atoms in total. The average Bonchev–Trinajstić information content (AvgIpc) is 2.48. The van der Waals surface area contributed by atoms with Gasteiger partial charge in [0.1, 0.15) is 11.6 Å². The summed E-state index contributed by atoms with van der Waals surface area (Å²) in [5.74, 6) is -1.44. The molecule has 1 amide bonds. The van der Waals surface area contributed by atoms with Crippen LogP contribution in [-0.4, -0.2) is 22.7 Å². The molecule has 0 aromatic heterocycles. The van der Waals surface area contributed by atoms with Gasteiger partial charge in [-0.3, -0.25) is 4.79 Å². The zero-order valence-electron chi connectivity index (χ0n) is 11.3. The van der Waals surface area contributed by atoms with E-state index < -0.39 is 11.7 Å². The molecule has 0 spiro atoms. The van der Waals surface area contributed by atoms with Crippen molar-refractivity contribution in [2.75, 3.05) is 11.9 Å². The van der Waals surface area contributed by atoms with Crippen molar-refractivity contribution < 1.29 is 19.4 Å². The van der Waals surface area contributed by atoms with Crippen LogP contribution in [0.5, 0.6) is 5.75 Å². The van der Waals surface area contributed by atoms with Gasteiger partial charge in [-0.1, -0.05) is 12.1 Å². The molecule has 0 fully saturated rings. The molecule has 2 rings (SSSR count). The van der Waals surface area contributed by atoms with E-state index in [9.17, 15) is 14.3 Å². The van der Waals surface area contributed by atoms with E-state index in [1.165, 1.54) is 0 Å². The SMILES string of the molecule is O=C(Nc1cccc(CCCO)c1)c1cc(F)ccc1O. The second-order valence-corrected chi connectivity index (χ2v) is 4.64. The van der Waals surface area contributed by atoms with Gasteiger partial charge >= 0.3 is 0 Å². The minimum atomic E-state index is -0.588. The normalized spacial score (nSPS) is 10.4. The number of anilines is 1. The first-order chi connectivity index (χ1) is 10.1. The summed E-state index contributed by atoms with van der Waals surface area (Å²) < 4.78 is 13.1. The number of benzene rings is 2. The molecule has 2 aromatic carbocycles. The van der Waals surface area contributed by atoms with Crippen molar-refractivity contribution in [2.24, 2.45) is 0 Å². The van der Waals surface area contributed by atoms with Gasteiger partial charge in [0.15, 0.2) is 0 Å². The maximum Gasteiger partial charge on any atom is 0.259 e. The third-order valence-corrected chi connectivity index (χ3v) is 3.01. The molecule has 0 radical (unpaired) electrons. The molecular weight excluding hydrogens is 273 g/mol. The van der Waals surface area contributed by atoms with Crippen LogP contribution in [0.2, 0.25) is 0 Å². The first-order valence-corrected chi connectivity index (χ1v) is 6.60. The van der Waals surface area contributed by atoms with E-state index in [4.69, 9.17) is 5.11 Å². The quantitative estimate of drug-likeness (QED) is 0.792. The number of aromatic hydroxyl groups is 1. The minimum Gasteiger partial charge on any atom is -0.507 e. The first-order valence-electron chi connectivity index (χ1n) is 6.60. The Morgan fingerprint density at radius 3 is 2.76 bits per heavy atom. The Labute approximate surface area is 121 Å². The molecule has 110 valence electrons. The van der Waals surface area contributed by atoms with Crippen LogP contribution in [-0.2, 0) is 6.42 Å². The predicted molar refractivity (Wildman–Crippen MR) is 77.9 cm³/mol. The van der Waals surface area contributed by atoms with Gasteiger partial charge in [0.25, 0.3) is 5.91 Å². The summed E-state index contributed by atoms with van der Waals surface area (Å²) in [4.78, 5) is 12.0. The second kappa shape index (κ2) is 6.85. The molecule has 0 heterocycles. The number of carbonyl (C=O) groups excluding carboxylic acids is 1. The Morgan fingerprint density at radius 1 is 1.19 bits per heavy atom. The molecule has 0 unspecified atom stereocenters. The second-order valence-electron chi connectivity index (χ2n) is 4.64. The van der Waals surface area contributed by atoms with Crippen LogP contribution in [0.15, 0.2) is 42.5 Å². The number of aryl methyl sites for hydroxylation is 1. The van der Waals surface area contributed by atoms with E-state index in [2.05, 4.69) is 5.32 Å². The number of aliphatic hydroxyl groups is 1. The number of carbonyl (C=O) groups is 1. The van der Waals surface area contributed by atoms with Gasteiger partial charge in [0.05, 0.1) is 5.56 Å². The molecule has 3 N–H and O–H groups in total. The number of halogens is 1. The molecule has 0 atom stereocenters. The average molecular weight is 289 g/mol. The highest BCUT2D eigenvalue weighted by Gasteiger charge is 2.12. The largest absolute Gasteiger partial charge is 0.507 e. The molecule has 5 heteroatoms. The number of amides is 1. The summed E-state index contributed by atoms with van der Waals surface area (Å²) >= 11 is 0. The number of rotatable bonds is 5. The Bertz CT molecular complexity index is 643. The van der Waals surface area contributed by atoms with Gasteiger partial charge in [-0.05, 0) is 48.7 Å². The lowest BCUT2D eigenvalue weighted by Crippen LogP contribution is -2.12. The van der Waals surface area contributed by atoms with Crippen LogP contribution >= 0.6 is 0 Å². The Hall–Kier alpha value is -2.40. The van der Waals surface area contributed by atoms with Gasteiger partial charge in [-0.15, -0.1) is 0 Å². The Balaban J connectivity index is 2.14. The Morgan fingerprint density at radius 2 is 2.00 bits per heavy atom. The summed E-state index contributed by atoms with van der Waals surface area (Å²) in [6.07, 6.45) is 1.34. The summed E-state index contributed by atoms with van der Waals surface area (Å²) in [7, 11) is 0. The zero-order chi connectivity index (χ0) is 15.2. The van der Waals surface area contributed by atoms with Crippen molar-refractivity contribution in [3.63, 3.8) is 0 Å². The molecular formula is C16H16FNO3. The van der Waals surface area contributed by atoms with Crippen LogP contribution in [0.3, 0.4) is 0 Å². The summed E-state index contributed by atoms with van der Waals surface area (Å²) in [5, 5.41) is 21.0. The van der Waals surface area contributed by atoms with E-state index in [-0.39, 0.29) is 17.9 Å². The highest BCUT2D eigenvalue weighted by molar-refractivity contribution is 6.06. The maximum atomic E-state index is 13.1. The third-order valence-electron chi connectivity index (χ3n) is 3.01. The van der Waals surface area contributed by atoms with E-state index >= 15 is 0 Å². The summed E-state index contributed by atoms with van der Waals surface area (Å²) in [6.45, 7) is 0.105. The Kier molecular flexibility index (Phi) is 4.90. The lowest BCUT2D eigenvalue weighted by Gasteiger charge is -2.08. The smallest absolute Gasteiger partial charge is 0.259 e. The topological polar surface area (TPSA) is 69.6 Å². The number of hydrogen-bond donors (Lipinski definition) is 3. The maximum absolute atomic E-state index is 13.1. The monoisotopic (exact) mass is 289 g/mol. The van der Waals surface area contributed by atoms with Gasteiger partial charge in [0, 0.05) is 12.3 Å². The molecule has 0 aliphatic rings. The fraction of sp³-hybridized carbons (Fsp3) is 0.188. The van der Waals surface area contributed by atoms with Crippen molar-refractivity contribution in [3.05, 3.63) is 59.4 Å². The highest BCUT2D eigenvalue weighted by atomic mass is 19.1. The van der Waals surface area contributed by atoms with Gasteiger partial charge < -0.3 is 15.5 Å². The number of phenols is 1. The van der Waals surface area contributed by atoms with Crippen LogP contribution in [0.25, 0.3) is 0 Å². The molecule has 0 saturated heterocycles. The summed E-state index contributed by atoms with van der Waals surface area (Å²) in [6, 6.07) is 10.4. The zero-order valence-corrected chi connectivity index (χ0v) is 11.3. The van der Waals surface area contributed by atoms with E-state index in [1.54, 1.807) is 18.2 Å². The van der Waals surface area contributed by atoms with E-state index in [0.29, 0.717) is 18.5 Å². The number of phenolic OH excluding ortho intramolecular Hbond substituents is 1. The van der Waals surface area contributed by atoms with Crippen LogP contribution < -0.4 is 5.32 Å². The first kappa shape index (κ1) is 15.0. The number of hydrogen-bond acceptors (Lipinski definition) is 3. The minimum absolute atomic E-state index is 0.105. The molecule has 2 aromatic rings. The lowest BCUT2D eigenvalue weighted by molar-refractivity contribution is 0.102. The molecule has 0 aliphatic heterocycles. The summed E-state index contributed by atoms with van der Waals surface area (Å²) in [5.41, 5.74) is 1.42. The van der Waals surface area contributed by atoms with Crippen molar-refractivity contribution in [1.82, 2.24) is 0 Å².